The molecule has 1 aromatic rings. The number of hydrogen-bond acceptors (Lipinski definition) is 10. The summed E-state index contributed by atoms with van der Waals surface area (Å²) in [4.78, 5) is 34.9. The van der Waals surface area contributed by atoms with E-state index in [0.29, 0.717) is 6.42 Å². The Morgan fingerprint density at radius 3 is 2.38 bits per heavy atom. The van der Waals surface area contributed by atoms with Crippen LogP contribution in [0.5, 0.6) is 0 Å². The topological polar surface area (TPSA) is 182 Å². The molecule has 1 amide bonds. The Bertz CT molecular complexity index is 873. The zero-order valence-corrected chi connectivity index (χ0v) is 16.7. The molecular weight excluding hydrogens is 412 g/mol. The summed E-state index contributed by atoms with van der Waals surface area (Å²) in [5.41, 5.74) is -1.87. The first-order valence-corrected chi connectivity index (χ1v) is 10.3. The van der Waals surface area contributed by atoms with Gasteiger partial charge in [-0.1, -0.05) is 6.92 Å². The molecule has 0 fully saturated rings. The molecular formula is C15H22N4O9S. The predicted octanol–water partition coefficient (Wildman–Crippen LogP) is 0.418. The van der Waals surface area contributed by atoms with Crippen molar-refractivity contribution >= 4 is 33.1 Å². The molecule has 1 aromatic carbocycles. The highest BCUT2D eigenvalue weighted by atomic mass is 32.2. The third kappa shape index (κ3) is 7.24. The number of aliphatic hydroxyl groups is 1. The molecule has 0 atom stereocenters. The largest absolute Gasteiger partial charge is 0.395 e. The first-order chi connectivity index (χ1) is 13.5. The second-order valence-electron chi connectivity index (χ2n) is 5.87. The van der Waals surface area contributed by atoms with Gasteiger partial charge < -0.3 is 15.3 Å². The number of nitrogens with zero attached hydrogens (tertiary/aromatic N) is 3. The summed E-state index contributed by atoms with van der Waals surface area (Å²) >= 11 is 0. The number of aliphatic hydroxyl groups excluding tert-OH is 1. The molecule has 0 bridgehead atoms. The van der Waals surface area contributed by atoms with Gasteiger partial charge in [0.2, 0.25) is 0 Å². The van der Waals surface area contributed by atoms with Gasteiger partial charge in [-0.05, 0) is 6.42 Å². The SMILES string of the molecule is CCCN(CCOS(C)(=O)=O)c1c(C(=O)NCCO)cc([N+](=O)[O-])cc1[N+](=O)[O-]. The first-order valence-electron chi connectivity index (χ1n) is 8.47. The third-order valence-electron chi connectivity index (χ3n) is 3.59. The van der Waals surface area contributed by atoms with Crippen LogP contribution < -0.4 is 10.2 Å². The van der Waals surface area contributed by atoms with Crippen molar-refractivity contribution in [3.8, 4) is 0 Å². The highest BCUT2D eigenvalue weighted by molar-refractivity contribution is 7.85. The lowest BCUT2D eigenvalue weighted by molar-refractivity contribution is -0.393. The maximum Gasteiger partial charge on any atom is 0.300 e. The molecule has 0 aliphatic carbocycles. The molecule has 0 heterocycles. The van der Waals surface area contributed by atoms with Crippen LogP contribution in [-0.4, -0.2) is 68.4 Å². The number of nitrogens with one attached hydrogen (secondary N) is 1. The fourth-order valence-electron chi connectivity index (χ4n) is 2.52. The van der Waals surface area contributed by atoms with Crippen LogP contribution in [0.4, 0.5) is 17.1 Å². The van der Waals surface area contributed by atoms with E-state index < -0.39 is 43.9 Å². The van der Waals surface area contributed by atoms with Crippen LogP contribution in [0.15, 0.2) is 12.1 Å². The monoisotopic (exact) mass is 434 g/mol. The van der Waals surface area contributed by atoms with Crippen molar-refractivity contribution in [2.24, 2.45) is 0 Å². The number of anilines is 1. The van der Waals surface area contributed by atoms with E-state index in [1.807, 2.05) is 0 Å². The lowest BCUT2D eigenvalue weighted by Crippen LogP contribution is -2.33. The molecule has 2 N–H and O–H groups in total. The van der Waals surface area contributed by atoms with Crippen molar-refractivity contribution < 1.29 is 32.3 Å². The summed E-state index contributed by atoms with van der Waals surface area (Å²) in [6.45, 7) is 0.905. The van der Waals surface area contributed by atoms with Crippen LogP contribution in [0.25, 0.3) is 0 Å². The van der Waals surface area contributed by atoms with Gasteiger partial charge >= 0.3 is 0 Å². The van der Waals surface area contributed by atoms with Gasteiger partial charge in [-0.25, -0.2) is 0 Å². The van der Waals surface area contributed by atoms with Gasteiger partial charge in [0.25, 0.3) is 27.4 Å². The molecule has 1 rings (SSSR count). The minimum Gasteiger partial charge on any atom is -0.395 e. The van der Waals surface area contributed by atoms with E-state index in [1.165, 1.54) is 4.90 Å². The molecule has 0 saturated heterocycles. The maximum atomic E-state index is 12.5. The highest BCUT2D eigenvalue weighted by Gasteiger charge is 2.30. The van der Waals surface area contributed by atoms with Crippen molar-refractivity contribution in [1.82, 2.24) is 5.32 Å². The van der Waals surface area contributed by atoms with Crippen LogP contribution >= 0.6 is 0 Å². The zero-order chi connectivity index (χ0) is 22.2. The Morgan fingerprint density at radius 2 is 1.90 bits per heavy atom. The number of nitro groups is 2. The van der Waals surface area contributed by atoms with Crippen LogP contribution in [-0.2, 0) is 14.3 Å². The molecule has 0 spiro atoms. The van der Waals surface area contributed by atoms with E-state index in [4.69, 9.17) is 5.11 Å². The van der Waals surface area contributed by atoms with Crippen molar-refractivity contribution in [3.63, 3.8) is 0 Å². The summed E-state index contributed by atoms with van der Waals surface area (Å²) in [6, 6.07) is 1.63. The highest BCUT2D eigenvalue weighted by Crippen LogP contribution is 2.36. The normalized spacial score (nSPS) is 11.1. The maximum absolute atomic E-state index is 12.5. The molecule has 162 valence electrons. The Hall–Kier alpha value is -2.84. The second-order valence-corrected chi connectivity index (χ2v) is 7.51. The molecule has 14 heteroatoms. The summed E-state index contributed by atoms with van der Waals surface area (Å²) in [6.07, 6.45) is 1.32. The Kier molecular flexibility index (Phi) is 8.87. The number of carbonyl (C=O) groups excluding carboxylic acids is 1. The van der Waals surface area contributed by atoms with Crippen LogP contribution in [0.1, 0.15) is 23.7 Å². The standard InChI is InChI=1S/C15H22N4O9S/c1-3-5-17(6-8-28-29(2,26)27)14-12(15(21)16-4-7-20)9-11(18(22)23)10-13(14)19(24)25/h9-10,20H,3-8H2,1-2H3,(H,16,21). The number of rotatable bonds is 12. The fourth-order valence-corrected chi connectivity index (χ4v) is 2.90. The number of hydrogen-bond donors (Lipinski definition) is 2. The van der Waals surface area contributed by atoms with E-state index >= 15 is 0 Å². The van der Waals surface area contributed by atoms with Gasteiger partial charge in [-0.3, -0.25) is 29.2 Å². The second kappa shape index (κ2) is 10.6. The van der Waals surface area contributed by atoms with E-state index in [1.54, 1.807) is 6.92 Å². The number of carbonyl (C=O) groups is 1. The predicted molar refractivity (Wildman–Crippen MR) is 102 cm³/mol. The number of nitro benzene ring substituents is 2. The minimum atomic E-state index is -3.76. The molecule has 29 heavy (non-hydrogen) atoms. The number of amides is 1. The Balaban J connectivity index is 3.55. The molecule has 0 radical (unpaired) electrons. The summed E-state index contributed by atoms with van der Waals surface area (Å²) in [7, 11) is -3.76. The zero-order valence-electron chi connectivity index (χ0n) is 15.9. The smallest absolute Gasteiger partial charge is 0.300 e. The Morgan fingerprint density at radius 1 is 1.24 bits per heavy atom. The van der Waals surface area contributed by atoms with E-state index in [0.717, 1.165) is 18.4 Å². The molecule has 0 unspecified atom stereocenters. The lowest BCUT2D eigenvalue weighted by atomic mass is 10.1. The van der Waals surface area contributed by atoms with Crippen LogP contribution in [0, 0.1) is 20.2 Å². The molecule has 13 nitrogen and oxygen atoms in total. The van der Waals surface area contributed by atoms with Gasteiger partial charge in [0.05, 0.1) is 40.9 Å². The summed E-state index contributed by atoms with van der Waals surface area (Å²) in [5, 5.41) is 33.9. The van der Waals surface area contributed by atoms with Gasteiger partial charge in [-0.15, -0.1) is 0 Å². The molecule has 0 saturated carbocycles. The number of benzene rings is 1. The van der Waals surface area contributed by atoms with Crippen molar-refractivity contribution in [2.45, 2.75) is 13.3 Å². The summed E-state index contributed by atoms with van der Waals surface area (Å²) < 4.78 is 27.0. The lowest BCUT2D eigenvalue weighted by Gasteiger charge is -2.25. The van der Waals surface area contributed by atoms with Crippen molar-refractivity contribution in [1.29, 1.82) is 0 Å². The van der Waals surface area contributed by atoms with E-state index in [-0.39, 0.29) is 37.5 Å². The van der Waals surface area contributed by atoms with Gasteiger partial charge in [0.15, 0.2) is 0 Å². The molecule has 0 aliphatic rings. The molecule has 0 aromatic heterocycles. The number of non-ortho nitro benzene ring substituents is 1. The average Bonchev–Trinajstić information content (AvgIpc) is 2.63. The average molecular weight is 434 g/mol. The first kappa shape index (κ1) is 24.2. The quantitative estimate of drug-likeness (QED) is 0.265. The summed E-state index contributed by atoms with van der Waals surface area (Å²) in [5.74, 6) is -0.856. The van der Waals surface area contributed by atoms with Crippen molar-refractivity contribution in [3.05, 3.63) is 37.9 Å². The van der Waals surface area contributed by atoms with E-state index in [2.05, 4.69) is 9.50 Å². The Labute approximate surface area is 166 Å². The minimum absolute atomic E-state index is 0.125. The van der Waals surface area contributed by atoms with Gasteiger partial charge in [0, 0.05) is 25.7 Å². The van der Waals surface area contributed by atoms with Gasteiger partial charge in [-0.2, -0.15) is 8.42 Å². The van der Waals surface area contributed by atoms with Gasteiger partial charge in [0.1, 0.15) is 5.69 Å². The van der Waals surface area contributed by atoms with Crippen LogP contribution in [0.2, 0.25) is 0 Å². The van der Waals surface area contributed by atoms with Crippen LogP contribution in [0.3, 0.4) is 0 Å². The van der Waals surface area contributed by atoms with Crippen molar-refractivity contribution in [2.75, 3.05) is 44.0 Å². The third-order valence-corrected chi connectivity index (χ3v) is 4.19. The fraction of sp³-hybridized carbons (Fsp3) is 0.533. The molecule has 0 aliphatic heterocycles. The van der Waals surface area contributed by atoms with E-state index in [9.17, 15) is 33.4 Å².